The molecule has 0 saturated carbocycles. The Labute approximate surface area is 131 Å². The molecule has 1 unspecified atom stereocenters. The molecular weight excluding hydrogens is 276 g/mol. The molecule has 2 aromatic carbocycles. The number of nitrogens with zero attached hydrogens (tertiary/aromatic N) is 2. The number of β-amino-alcohol motifs (C(OH)–C–C–N with tert-alkyl or cyclic N) is 1. The van der Waals surface area contributed by atoms with Crippen molar-refractivity contribution in [3.8, 4) is 5.75 Å². The van der Waals surface area contributed by atoms with Crippen molar-refractivity contribution in [1.82, 2.24) is 4.90 Å². The first kappa shape index (κ1) is 14.9. The highest BCUT2D eigenvalue weighted by molar-refractivity contribution is 5.50. The van der Waals surface area contributed by atoms with E-state index in [0.717, 1.165) is 37.4 Å². The molecule has 4 nitrogen and oxygen atoms in total. The third-order valence-electron chi connectivity index (χ3n) is 4.18. The minimum Gasteiger partial charge on any atom is -0.508 e. The quantitative estimate of drug-likeness (QED) is 0.909. The van der Waals surface area contributed by atoms with Crippen LogP contribution in [0, 0.1) is 0 Å². The smallest absolute Gasteiger partial charge is 0.117 e. The Bertz CT molecular complexity index is 595. The highest BCUT2D eigenvalue weighted by Gasteiger charge is 2.20. The molecule has 4 heteroatoms. The zero-order valence-corrected chi connectivity index (χ0v) is 12.6. The van der Waals surface area contributed by atoms with Crippen molar-refractivity contribution in [1.29, 1.82) is 0 Å². The van der Waals surface area contributed by atoms with Crippen LogP contribution < -0.4 is 4.90 Å². The second-order valence-electron chi connectivity index (χ2n) is 5.73. The van der Waals surface area contributed by atoms with Crippen LogP contribution in [0.1, 0.15) is 11.7 Å². The largest absolute Gasteiger partial charge is 0.508 e. The van der Waals surface area contributed by atoms with Gasteiger partial charge in [-0.05, 0) is 17.7 Å². The zero-order chi connectivity index (χ0) is 15.4. The molecule has 116 valence electrons. The van der Waals surface area contributed by atoms with Crippen LogP contribution in [0.5, 0.6) is 5.75 Å². The number of anilines is 1. The first-order chi connectivity index (χ1) is 10.7. The summed E-state index contributed by atoms with van der Waals surface area (Å²) in [7, 11) is 0. The number of phenolic OH excluding ortho intramolecular Hbond substituents is 1. The van der Waals surface area contributed by atoms with Crippen LogP contribution in [0.4, 0.5) is 5.69 Å². The van der Waals surface area contributed by atoms with Crippen molar-refractivity contribution in [2.45, 2.75) is 6.10 Å². The van der Waals surface area contributed by atoms with Crippen molar-refractivity contribution in [2.75, 3.05) is 37.6 Å². The second-order valence-corrected chi connectivity index (χ2v) is 5.73. The van der Waals surface area contributed by atoms with E-state index in [1.807, 2.05) is 42.5 Å². The number of hydrogen-bond acceptors (Lipinski definition) is 4. The van der Waals surface area contributed by atoms with E-state index in [4.69, 9.17) is 0 Å². The third-order valence-corrected chi connectivity index (χ3v) is 4.18. The molecule has 1 fully saturated rings. The molecule has 1 heterocycles. The number of aliphatic hydroxyl groups excluding tert-OH is 1. The maximum absolute atomic E-state index is 10.3. The van der Waals surface area contributed by atoms with Crippen LogP contribution in [0.25, 0.3) is 0 Å². The third kappa shape index (κ3) is 3.59. The Balaban J connectivity index is 1.54. The van der Waals surface area contributed by atoms with Crippen LogP contribution in [-0.4, -0.2) is 47.8 Å². The van der Waals surface area contributed by atoms with Crippen LogP contribution in [0.3, 0.4) is 0 Å². The molecule has 1 aliphatic heterocycles. The maximum atomic E-state index is 10.3. The molecule has 0 spiro atoms. The Kier molecular flexibility index (Phi) is 4.61. The fourth-order valence-electron chi connectivity index (χ4n) is 2.90. The lowest BCUT2D eigenvalue weighted by Crippen LogP contribution is -2.47. The summed E-state index contributed by atoms with van der Waals surface area (Å²) in [6, 6.07) is 17.2. The number of aliphatic hydroxyl groups is 1. The minimum atomic E-state index is -0.437. The second kappa shape index (κ2) is 6.81. The molecule has 2 aromatic rings. The Morgan fingerprint density at radius 2 is 1.64 bits per heavy atom. The van der Waals surface area contributed by atoms with Gasteiger partial charge in [0.1, 0.15) is 5.75 Å². The number of aromatic hydroxyl groups is 1. The maximum Gasteiger partial charge on any atom is 0.117 e. The van der Waals surface area contributed by atoms with Gasteiger partial charge in [-0.2, -0.15) is 0 Å². The summed E-state index contributed by atoms with van der Waals surface area (Å²) in [5, 5.41) is 19.9. The number of hydrogen-bond donors (Lipinski definition) is 2. The standard InChI is InChI=1S/C18H22N2O2/c21-17-8-4-7-16(13-17)20-11-9-19(10-12-20)14-18(22)15-5-2-1-3-6-15/h1-8,13,18,21-22H,9-12,14H2. The Hall–Kier alpha value is -2.04. The number of benzene rings is 2. The van der Waals surface area contributed by atoms with E-state index in [1.54, 1.807) is 12.1 Å². The lowest BCUT2D eigenvalue weighted by atomic mass is 10.1. The molecular formula is C18H22N2O2. The van der Waals surface area contributed by atoms with E-state index in [1.165, 1.54) is 0 Å². The molecule has 3 rings (SSSR count). The van der Waals surface area contributed by atoms with Crippen molar-refractivity contribution in [2.24, 2.45) is 0 Å². The molecule has 22 heavy (non-hydrogen) atoms. The average molecular weight is 298 g/mol. The lowest BCUT2D eigenvalue weighted by molar-refractivity contribution is 0.109. The summed E-state index contributed by atoms with van der Waals surface area (Å²) in [5.41, 5.74) is 2.03. The molecule has 2 N–H and O–H groups in total. The number of piperazine rings is 1. The Morgan fingerprint density at radius 3 is 2.32 bits per heavy atom. The summed E-state index contributed by atoms with van der Waals surface area (Å²) in [6.45, 7) is 4.31. The number of phenols is 1. The lowest BCUT2D eigenvalue weighted by Gasteiger charge is -2.37. The zero-order valence-electron chi connectivity index (χ0n) is 12.6. The van der Waals surface area contributed by atoms with Crippen LogP contribution in [-0.2, 0) is 0 Å². The predicted molar refractivity (Wildman–Crippen MR) is 88.2 cm³/mol. The van der Waals surface area contributed by atoms with Gasteiger partial charge < -0.3 is 15.1 Å². The van der Waals surface area contributed by atoms with Gasteiger partial charge in [0, 0.05) is 44.5 Å². The van der Waals surface area contributed by atoms with Crippen molar-refractivity contribution in [3.63, 3.8) is 0 Å². The molecule has 0 radical (unpaired) electrons. The van der Waals surface area contributed by atoms with E-state index in [-0.39, 0.29) is 0 Å². The highest BCUT2D eigenvalue weighted by atomic mass is 16.3. The van der Waals surface area contributed by atoms with Crippen LogP contribution in [0.2, 0.25) is 0 Å². The van der Waals surface area contributed by atoms with Crippen molar-refractivity contribution in [3.05, 3.63) is 60.2 Å². The topological polar surface area (TPSA) is 46.9 Å². The minimum absolute atomic E-state index is 0.305. The average Bonchev–Trinajstić information content (AvgIpc) is 2.56. The van der Waals surface area contributed by atoms with E-state index in [2.05, 4.69) is 9.80 Å². The van der Waals surface area contributed by atoms with Gasteiger partial charge in [0.15, 0.2) is 0 Å². The van der Waals surface area contributed by atoms with Gasteiger partial charge in [0.05, 0.1) is 6.10 Å². The SMILES string of the molecule is Oc1cccc(N2CCN(CC(O)c3ccccc3)CC2)c1. The van der Waals surface area contributed by atoms with E-state index < -0.39 is 6.10 Å². The molecule has 0 aliphatic carbocycles. The van der Waals surface area contributed by atoms with Crippen molar-refractivity contribution >= 4 is 5.69 Å². The summed E-state index contributed by atoms with van der Waals surface area (Å²) >= 11 is 0. The highest BCUT2D eigenvalue weighted by Crippen LogP contribution is 2.22. The number of rotatable bonds is 4. The first-order valence-corrected chi connectivity index (χ1v) is 7.72. The summed E-state index contributed by atoms with van der Waals surface area (Å²) < 4.78 is 0. The van der Waals surface area contributed by atoms with Crippen LogP contribution >= 0.6 is 0 Å². The van der Waals surface area contributed by atoms with Gasteiger partial charge in [0.2, 0.25) is 0 Å². The van der Waals surface area contributed by atoms with Crippen molar-refractivity contribution < 1.29 is 10.2 Å². The van der Waals surface area contributed by atoms with Gasteiger partial charge in [-0.25, -0.2) is 0 Å². The van der Waals surface area contributed by atoms with E-state index in [0.29, 0.717) is 12.3 Å². The fraction of sp³-hybridized carbons (Fsp3) is 0.333. The van der Waals surface area contributed by atoms with Crippen LogP contribution in [0.15, 0.2) is 54.6 Å². The predicted octanol–water partition coefficient (Wildman–Crippen LogP) is 2.25. The molecule has 1 atom stereocenters. The normalized spacial score (nSPS) is 17.4. The monoisotopic (exact) mass is 298 g/mol. The molecule has 1 aliphatic rings. The summed E-state index contributed by atoms with van der Waals surface area (Å²) in [6.07, 6.45) is -0.437. The van der Waals surface area contributed by atoms with Gasteiger partial charge in [-0.3, -0.25) is 4.90 Å². The summed E-state index contributed by atoms with van der Waals surface area (Å²) in [4.78, 5) is 4.56. The molecule has 0 amide bonds. The van der Waals surface area contributed by atoms with Gasteiger partial charge in [-0.15, -0.1) is 0 Å². The van der Waals surface area contributed by atoms with E-state index >= 15 is 0 Å². The van der Waals surface area contributed by atoms with Gasteiger partial charge in [-0.1, -0.05) is 36.4 Å². The molecule has 1 saturated heterocycles. The fourth-order valence-corrected chi connectivity index (χ4v) is 2.90. The Morgan fingerprint density at radius 1 is 0.909 bits per heavy atom. The first-order valence-electron chi connectivity index (χ1n) is 7.72. The summed E-state index contributed by atoms with van der Waals surface area (Å²) in [5.74, 6) is 0.305. The van der Waals surface area contributed by atoms with Gasteiger partial charge in [0.25, 0.3) is 0 Å². The van der Waals surface area contributed by atoms with Gasteiger partial charge >= 0.3 is 0 Å². The molecule has 0 aromatic heterocycles. The molecule has 0 bridgehead atoms. The van der Waals surface area contributed by atoms with E-state index in [9.17, 15) is 10.2 Å².